The normalized spacial score (nSPS) is 10.9. The van der Waals surface area contributed by atoms with E-state index in [1.165, 1.54) is 11.3 Å². The van der Waals surface area contributed by atoms with Gasteiger partial charge in [0.2, 0.25) is 0 Å². The van der Waals surface area contributed by atoms with E-state index in [-0.39, 0.29) is 5.97 Å². The molecule has 1 heterocycles. The fourth-order valence-corrected chi connectivity index (χ4v) is 3.36. The lowest BCUT2D eigenvalue weighted by Crippen LogP contribution is -2.04. The Labute approximate surface area is 149 Å². The summed E-state index contributed by atoms with van der Waals surface area (Å²) in [7, 11) is 0. The number of carbonyl (C=O) groups excluding carboxylic acids is 1. The van der Waals surface area contributed by atoms with Crippen LogP contribution < -0.4 is 4.74 Å². The van der Waals surface area contributed by atoms with Crippen molar-refractivity contribution in [1.29, 1.82) is 0 Å². The summed E-state index contributed by atoms with van der Waals surface area (Å²) in [6.45, 7) is 8.86. The molecule has 2 rings (SSSR count). The summed E-state index contributed by atoms with van der Waals surface area (Å²) >= 11 is 4.88. The zero-order chi connectivity index (χ0) is 17.0. The SMILES string of the molecule is CCOC(=O)c1sc(-c2ccc(OCC(C)C)c(Br)c2)nc1C. The van der Waals surface area contributed by atoms with Gasteiger partial charge in [-0.2, -0.15) is 0 Å². The van der Waals surface area contributed by atoms with Crippen molar-refractivity contribution in [3.05, 3.63) is 33.2 Å². The highest BCUT2D eigenvalue weighted by Crippen LogP contribution is 2.34. The van der Waals surface area contributed by atoms with Gasteiger partial charge in [-0.1, -0.05) is 13.8 Å². The van der Waals surface area contributed by atoms with E-state index < -0.39 is 0 Å². The van der Waals surface area contributed by atoms with Crippen molar-refractivity contribution < 1.29 is 14.3 Å². The summed E-state index contributed by atoms with van der Waals surface area (Å²) < 4.78 is 11.7. The molecule has 0 aliphatic carbocycles. The number of esters is 1. The molecule has 2 aromatic rings. The molecule has 0 aliphatic rings. The van der Waals surface area contributed by atoms with Gasteiger partial charge in [0.1, 0.15) is 15.6 Å². The van der Waals surface area contributed by atoms with E-state index in [4.69, 9.17) is 9.47 Å². The third-order valence-electron chi connectivity index (χ3n) is 3.01. The summed E-state index contributed by atoms with van der Waals surface area (Å²) in [4.78, 5) is 16.9. The summed E-state index contributed by atoms with van der Waals surface area (Å²) in [6.07, 6.45) is 0. The molecule has 0 atom stereocenters. The van der Waals surface area contributed by atoms with E-state index in [0.29, 0.717) is 29.7 Å². The average Bonchev–Trinajstić information content (AvgIpc) is 2.88. The largest absolute Gasteiger partial charge is 0.492 e. The molecule has 0 spiro atoms. The fraction of sp³-hybridized carbons (Fsp3) is 0.412. The fourth-order valence-electron chi connectivity index (χ4n) is 1.91. The summed E-state index contributed by atoms with van der Waals surface area (Å²) in [5, 5.41) is 0.793. The number of aryl methyl sites for hydroxylation is 1. The van der Waals surface area contributed by atoms with Gasteiger partial charge in [0.15, 0.2) is 0 Å². The number of ether oxygens (including phenoxy) is 2. The third-order valence-corrected chi connectivity index (χ3v) is 4.81. The zero-order valence-corrected chi connectivity index (χ0v) is 16.1. The van der Waals surface area contributed by atoms with Gasteiger partial charge >= 0.3 is 5.97 Å². The van der Waals surface area contributed by atoms with Crippen molar-refractivity contribution in [3.8, 4) is 16.3 Å². The molecule has 0 saturated heterocycles. The van der Waals surface area contributed by atoms with Crippen molar-refractivity contribution >= 4 is 33.2 Å². The Balaban J connectivity index is 2.24. The number of hydrogen-bond donors (Lipinski definition) is 0. The number of nitrogens with zero attached hydrogens (tertiary/aromatic N) is 1. The number of halogens is 1. The monoisotopic (exact) mass is 397 g/mol. The third kappa shape index (κ3) is 4.54. The highest BCUT2D eigenvalue weighted by molar-refractivity contribution is 9.10. The van der Waals surface area contributed by atoms with Crippen LogP contribution in [-0.2, 0) is 4.74 Å². The van der Waals surface area contributed by atoms with Crippen LogP contribution >= 0.6 is 27.3 Å². The lowest BCUT2D eigenvalue weighted by Gasteiger charge is -2.10. The van der Waals surface area contributed by atoms with E-state index in [9.17, 15) is 4.79 Å². The highest BCUT2D eigenvalue weighted by atomic mass is 79.9. The van der Waals surface area contributed by atoms with Gasteiger partial charge in [0, 0.05) is 5.56 Å². The van der Waals surface area contributed by atoms with Crippen LogP contribution in [0.2, 0.25) is 0 Å². The van der Waals surface area contributed by atoms with Crippen LogP contribution in [0.15, 0.2) is 22.7 Å². The molecule has 0 fully saturated rings. The van der Waals surface area contributed by atoms with E-state index >= 15 is 0 Å². The summed E-state index contributed by atoms with van der Waals surface area (Å²) in [5.41, 5.74) is 1.64. The number of rotatable bonds is 6. The van der Waals surface area contributed by atoms with Crippen LogP contribution in [-0.4, -0.2) is 24.2 Å². The molecule has 23 heavy (non-hydrogen) atoms. The smallest absolute Gasteiger partial charge is 0.350 e. The Kier molecular flexibility index (Phi) is 6.18. The zero-order valence-electron chi connectivity index (χ0n) is 13.7. The summed E-state index contributed by atoms with van der Waals surface area (Å²) in [6, 6.07) is 5.83. The minimum absolute atomic E-state index is 0.315. The van der Waals surface area contributed by atoms with Gasteiger partial charge in [-0.05, 0) is 53.9 Å². The lowest BCUT2D eigenvalue weighted by molar-refractivity contribution is 0.0531. The molecule has 4 nitrogen and oxygen atoms in total. The van der Waals surface area contributed by atoms with Gasteiger partial charge in [-0.25, -0.2) is 9.78 Å². The Bertz CT molecular complexity index is 697. The molecule has 0 N–H and O–H groups in total. The van der Waals surface area contributed by atoms with Gasteiger partial charge in [-0.3, -0.25) is 0 Å². The molecule has 0 bridgehead atoms. The first kappa shape index (κ1) is 17.9. The minimum atomic E-state index is -0.315. The van der Waals surface area contributed by atoms with Gasteiger partial charge < -0.3 is 9.47 Å². The van der Waals surface area contributed by atoms with Crippen LogP contribution in [0.1, 0.15) is 36.1 Å². The molecule has 6 heteroatoms. The second kappa shape index (κ2) is 7.93. The number of thiazole rings is 1. The second-order valence-electron chi connectivity index (χ2n) is 5.50. The molecule has 0 amide bonds. The second-order valence-corrected chi connectivity index (χ2v) is 7.36. The number of carbonyl (C=O) groups is 1. The molecular weight excluding hydrogens is 378 g/mol. The van der Waals surface area contributed by atoms with Crippen molar-refractivity contribution in [1.82, 2.24) is 4.98 Å². The minimum Gasteiger partial charge on any atom is -0.492 e. The molecule has 0 unspecified atom stereocenters. The van der Waals surface area contributed by atoms with Crippen LogP contribution in [0.5, 0.6) is 5.75 Å². The Morgan fingerprint density at radius 1 is 1.39 bits per heavy atom. The maximum atomic E-state index is 11.9. The van der Waals surface area contributed by atoms with E-state index in [2.05, 4.69) is 34.8 Å². The highest BCUT2D eigenvalue weighted by Gasteiger charge is 2.17. The number of aromatic nitrogens is 1. The van der Waals surface area contributed by atoms with Crippen LogP contribution in [0.25, 0.3) is 10.6 Å². The Morgan fingerprint density at radius 3 is 2.74 bits per heavy atom. The van der Waals surface area contributed by atoms with Crippen LogP contribution in [0, 0.1) is 12.8 Å². The van der Waals surface area contributed by atoms with Crippen molar-refractivity contribution in [2.75, 3.05) is 13.2 Å². The van der Waals surface area contributed by atoms with Crippen LogP contribution in [0.4, 0.5) is 0 Å². The predicted octanol–water partition coefficient (Wildman–Crippen LogP) is 5.09. The maximum Gasteiger partial charge on any atom is 0.350 e. The van der Waals surface area contributed by atoms with Crippen molar-refractivity contribution in [2.45, 2.75) is 27.7 Å². The van der Waals surface area contributed by atoms with Gasteiger partial charge in [-0.15, -0.1) is 11.3 Å². The molecule has 1 aromatic heterocycles. The number of hydrogen-bond acceptors (Lipinski definition) is 5. The molecule has 0 aliphatic heterocycles. The van der Waals surface area contributed by atoms with Crippen molar-refractivity contribution in [3.63, 3.8) is 0 Å². The summed E-state index contributed by atoms with van der Waals surface area (Å²) in [5.74, 6) is 0.960. The molecule has 0 saturated carbocycles. The standard InChI is InChI=1S/C17H20BrNO3S/c1-5-21-17(20)15-11(4)19-16(23-15)12-6-7-14(13(18)8-12)22-9-10(2)3/h6-8,10H,5,9H2,1-4H3. The van der Waals surface area contributed by atoms with Crippen LogP contribution in [0.3, 0.4) is 0 Å². The predicted molar refractivity (Wildman–Crippen MR) is 96.3 cm³/mol. The molecule has 0 radical (unpaired) electrons. The van der Waals surface area contributed by atoms with Crippen molar-refractivity contribution in [2.24, 2.45) is 5.92 Å². The Morgan fingerprint density at radius 2 is 2.13 bits per heavy atom. The lowest BCUT2D eigenvalue weighted by atomic mass is 10.2. The first-order chi connectivity index (χ1) is 10.9. The molecule has 1 aromatic carbocycles. The maximum absolute atomic E-state index is 11.9. The Hall–Kier alpha value is -1.40. The first-order valence-electron chi connectivity index (χ1n) is 7.49. The number of benzene rings is 1. The van der Waals surface area contributed by atoms with Gasteiger partial charge in [0.25, 0.3) is 0 Å². The quantitative estimate of drug-likeness (QED) is 0.636. The first-order valence-corrected chi connectivity index (χ1v) is 9.10. The van der Waals surface area contributed by atoms with E-state index in [0.717, 1.165) is 20.8 Å². The van der Waals surface area contributed by atoms with E-state index in [1.54, 1.807) is 6.92 Å². The molecular formula is C17H20BrNO3S. The average molecular weight is 398 g/mol. The topological polar surface area (TPSA) is 48.4 Å². The van der Waals surface area contributed by atoms with E-state index in [1.807, 2.05) is 25.1 Å². The molecule has 124 valence electrons. The van der Waals surface area contributed by atoms with Gasteiger partial charge in [0.05, 0.1) is 23.4 Å².